The molecular formula is C19H27NO2. The highest BCUT2D eigenvalue weighted by atomic mass is 16.1. The lowest BCUT2D eigenvalue weighted by atomic mass is 9.72. The Morgan fingerprint density at radius 3 is 2.09 bits per heavy atom. The van der Waals surface area contributed by atoms with Gasteiger partial charge in [-0.05, 0) is 49.9 Å². The number of hydrogen-bond donors (Lipinski definition) is 1. The van der Waals surface area contributed by atoms with Gasteiger partial charge >= 0.3 is 0 Å². The normalized spacial score (nSPS) is 53.6. The second-order valence-corrected chi connectivity index (χ2v) is 8.59. The number of Topliss-reactive ketones (excluding diaryl/α,β-unsaturated/α-hetero) is 2. The van der Waals surface area contributed by atoms with E-state index in [1.807, 2.05) is 0 Å². The van der Waals surface area contributed by atoms with Crippen LogP contribution in [0.4, 0.5) is 0 Å². The van der Waals surface area contributed by atoms with Gasteiger partial charge in [0, 0.05) is 23.8 Å². The predicted octanol–water partition coefficient (Wildman–Crippen LogP) is 2.73. The van der Waals surface area contributed by atoms with Crippen molar-refractivity contribution in [3.8, 4) is 0 Å². The smallest absolute Gasteiger partial charge is 0.153 e. The first-order chi connectivity index (χ1) is 10.8. The van der Waals surface area contributed by atoms with Crippen LogP contribution < -0.4 is 5.32 Å². The van der Waals surface area contributed by atoms with E-state index in [-0.39, 0.29) is 12.0 Å². The van der Waals surface area contributed by atoms with Crippen molar-refractivity contribution in [3.63, 3.8) is 0 Å². The van der Waals surface area contributed by atoms with Crippen molar-refractivity contribution >= 4 is 11.6 Å². The van der Waals surface area contributed by atoms with Crippen LogP contribution in [0.25, 0.3) is 0 Å². The van der Waals surface area contributed by atoms with Gasteiger partial charge in [-0.25, -0.2) is 0 Å². The highest BCUT2D eigenvalue weighted by molar-refractivity contribution is 5.92. The van der Waals surface area contributed by atoms with Crippen molar-refractivity contribution in [3.05, 3.63) is 0 Å². The maximum absolute atomic E-state index is 12.9. The summed E-state index contributed by atoms with van der Waals surface area (Å²) in [4.78, 5) is 25.7. The zero-order valence-corrected chi connectivity index (χ0v) is 13.3. The highest BCUT2D eigenvalue weighted by Gasteiger charge is 2.60. The van der Waals surface area contributed by atoms with Crippen molar-refractivity contribution in [1.29, 1.82) is 0 Å². The fraction of sp³-hybridized carbons (Fsp3) is 0.895. The van der Waals surface area contributed by atoms with Gasteiger partial charge in [-0.3, -0.25) is 9.59 Å². The average molecular weight is 301 g/mol. The van der Waals surface area contributed by atoms with Crippen LogP contribution in [0.1, 0.15) is 57.8 Å². The minimum Gasteiger partial charge on any atom is -0.303 e. The first kappa shape index (κ1) is 13.7. The second-order valence-electron chi connectivity index (χ2n) is 8.59. The molecule has 3 heteroatoms. The van der Waals surface area contributed by atoms with Crippen molar-refractivity contribution in [2.75, 3.05) is 0 Å². The Morgan fingerprint density at radius 1 is 0.682 bits per heavy atom. The SMILES string of the molecule is O=C1C2CCCCC2C2NC3C(=O)C4CCCCC4C3CC12. The molecule has 120 valence electrons. The van der Waals surface area contributed by atoms with Crippen LogP contribution in [0.5, 0.6) is 0 Å². The molecule has 0 aromatic carbocycles. The molecular weight excluding hydrogens is 274 g/mol. The van der Waals surface area contributed by atoms with Gasteiger partial charge in [0.2, 0.25) is 0 Å². The number of fused-ring (bicyclic) bond motifs is 6. The molecule has 5 aliphatic rings. The van der Waals surface area contributed by atoms with E-state index in [1.54, 1.807) is 0 Å². The number of hydrogen-bond acceptors (Lipinski definition) is 3. The third kappa shape index (κ3) is 1.72. The summed E-state index contributed by atoms with van der Waals surface area (Å²) in [6, 6.07) is 0.408. The molecule has 5 rings (SSSR count). The van der Waals surface area contributed by atoms with Crippen LogP contribution in [0.3, 0.4) is 0 Å². The van der Waals surface area contributed by atoms with E-state index in [0.29, 0.717) is 47.2 Å². The van der Waals surface area contributed by atoms with Gasteiger partial charge in [0.1, 0.15) is 5.78 Å². The van der Waals surface area contributed by atoms with E-state index in [9.17, 15) is 9.59 Å². The fourth-order valence-corrected chi connectivity index (χ4v) is 6.93. The summed E-state index contributed by atoms with van der Waals surface area (Å²) in [5.41, 5.74) is 0. The molecule has 8 unspecified atom stereocenters. The van der Waals surface area contributed by atoms with Crippen LogP contribution in [0, 0.1) is 35.5 Å². The zero-order valence-electron chi connectivity index (χ0n) is 13.3. The third-order valence-corrected chi connectivity index (χ3v) is 7.81. The summed E-state index contributed by atoms with van der Waals surface area (Å²) in [6.45, 7) is 0. The molecule has 3 nitrogen and oxygen atoms in total. The third-order valence-electron chi connectivity index (χ3n) is 7.81. The summed E-state index contributed by atoms with van der Waals surface area (Å²) < 4.78 is 0. The molecule has 1 saturated heterocycles. The highest BCUT2D eigenvalue weighted by Crippen LogP contribution is 2.53. The van der Waals surface area contributed by atoms with Crippen molar-refractivity contribution in [2.45, 2.75) is 69.9 Å². The Kier molecular flexibility index (Phi) is 3.05. The lowest BCUT2D eigenvalue weighted by Gasteiger charge is -2.39. The molecule has 1 aliphatic heterocycles. The molecule has 22 heavy (non-hydrogen) atoms. The van der Waals surface area contributed by atoms with E-state index in [1.165, 1.54) is 38.5 Å². The fourth-order valence-electron chi connectivity index (χ4n) is 6.93. The number of carbonyl (C=O) groups excluding carboxylic acids is 2. The molecule has 8 atom stereocenters. The van der Waals surface area contributed by atoms with Crippen molar-refractivity contribution < 1.29 is 9.59 Å². The Labute approximate surface area is 132 Å². The molecule has 1 heterocycles. The van der Waals surface area contributed by atoms with E-state index >= 15 is 0 Å². The molecule has 0 spiro atoms. The largest absolute Gasteiger partial charge is 0.303 e. The molecule has 0 aromatic rings. The Balaban J connectivity index is 1.45. The molecule has 0 radical (unpaired) electrons. The molecule has 0 aromatic heterocycles. The summed E-state index contributed by atoms with van der Waals surface area (Å²) in [5.74, 6) is 3.47. The lowest BCUT2D eigenvalue weighted by Crippen LogP contribution is -2.55. The molecule has 1 N–H and O–H groups in total. The number of ketones is 2. The molecule has 0 bridgehead atoms. The maximum atomic E-state index is 12.9. The average Bonchev–Trinajstić information content (AvgIpc) is 3.01. The summed E-state index contributed by atoms with van der Waals surface area (Å²) in [7, 11) is 0. The van der Waals surface area contributed by atoms with Gasteiger partial charge in [-0.15, -0.1) is 0 Å². The van der Waals surface area contributed by atoms with Gasteiger partial charge < -0.3 is 5.32 Å². The number of piperidine rings is 1. The predicted molar refractivity (Wildman–Crippen MR) is 83.2 cm³/mol. The minimum absolute atomic E-state index is 0.0860. The van der Waals surface area contributed by atoms with E-state index < -0.39 is 0 Å². The van der Waals surface area contributed by atoms with E-state index in [4.69, 9.17) is 0 Å². The van der Waals surface area contributed by atoms with E-state index in [2.05, 4.69) is 5.32 Å². The zero-order chi connectivity index (χ0) is 14.8. The van der Waals surface area contributed by atoms with Crippen LogP contribution in [0.2, 0.25) is 0 Å². The van der Waals surface area contributed by atoms with Crippen molar-refractivity contribution in [1.82, 2.24) is 5.32 Å². The van der Waals surface area contributed by atoms with Crippen LogP contribution in [-0.2, 0) is 9.59 Å². The Morgan fingerprint density at radius 2 is 1.32 bits per heavy atom. The first-order valence-corrected chi connectivity index (χ1v) is 9.59. The van der Waals surface area contributed by atoms with Crippen molar-refractivity contribution in [2.24, 2.45) is 35.5 Å². The summed E-state index contributed by atoms with van der Waals surface area (Å²) in [6.07, 6.45) is 10.6. The standard InChI is InChI=1S/C19H27NO2/c21-18-13-8-4-2-6-11(13)16-15(18)9-14-10-5-1-3-7-12(10)19(22)17(14)20-16/h10-17,20H,1-9H2. The quantitative estimate of drug-likeness (QED) is 0.748. The maximum Gasteiger partial charge on any atom is 0.153 e. The Bertz CT molecular complexity index is 470. The second kappa shape index (κ2) is 4.90. The molecule has 4 aliphatic carbocycles. The van der Waals surface area contributed by atoms with Crippen LogP contribution in [0.15, 0.2) is 0 Å². The van der Waals surface area contributed by atoms with Gasteiger partial charge in [-0.1, -0.05) is 25.7 Å². The van der Waals surface area contributed by atoms with Gasteiger partial charge in [0.05, 0.1) is 6.04 Å². The Hall–Kier alpha value is -0.700. The minimum atomic E-state index is 0.0860. The lowest BCUT2D eigenvalue weighted by molar-refractivity contribution is -0.127. The van der Waals surface area contributed by atoms with Gasteiger partial charge in [0.15, 0.2) is 5.78 Å². The molecule has 0 amide bonds. The van der Waals surface area contributed by atoms with Gasteiger partial charge in [-0.2, -0.15) is 0 Å². The van der Waals surface area contributed by atoms with Crippen LogP contribution >= 0.6 is 0 Å². The number of carbonyl (C=O) groups is 2. The molecule has 5 fully saturated rings. The van der Waals surface area contributed by atoms with E-state index in [0.717, 1.165) is 19.3 Å². The summed E-state index contributed by atoms with van der Waals surface area (Å²) in [5, 5.41) is 3.74. The first-order valence-electron chi connectivity index (χ1n) is 9.59. The molecule has 4 saturated carbocycles. The number of nitrogens with one attached hydrogen (secondary N) is 1. The van der Waals surface area contributed by atoms with Crippen LogP contribution in [-0.4, -0.2) is 23.7 Å². The number of rotatable bonds is 0. The summed E-state index contributed by atoms with van der Waals surface area (Å²) >= 11 is 0. The monoisotopic (exact) mass is 301 g/mol. The topological polar surface area (TPSA) is 46.2 Å². The van der Waals surface area contributed by atoms with Gasteiger partial charge in [0.25, 0.3) is 0 Å².